The van der Waals surface area contributed by atoms with Crippen molar-refractivity contribution in [3.63, 3.8) is 0 Å². The lowest BCUT2D eigenvalue weighted by Gasteiger charge is -2.28. The van der Waals surface area contributed by atoms with Crippen molar-refractivity contribution in [1.29, 1.82) is 0 Å². The number of halogens is 1. The number of nitrogens with zero attached hydrogens (tertiary/aromatic N) is 4. The summed E-state index contributed by atoms with van der Waals surface area (Å²) in [4.78, 5) is 20.8. The standard InChI is InChI=1S/C17H17FN6OS/c1-10-23-24-14(26-10)11-2-3-12-9-20-16(21-13(12)8-11)22-15(25)17(18)4-6-19-7-5-17/h2-3,8-9,19H,4-7H2,1H3,(H,20,21,22,25). The zero-order valence-electron chi connectivity index (χ0n) is 14.1. The van der Waals surface area contributed by atoms with E-state index >= 15 is 0 Å². The number of fused-ring (bicyclic) bond motifs is 1. The van der Waals surface area contributed by atoms with Crippen molar-refractivity contribution in [3.05, 3.63) is 29.4 Å². The Labute approximate surface area is 153 Å². The van der Waals surface area contributed by atoms with Gasteiger partial charge in [-0.3, -0.25) is 10.1 Å². The largest absolute Gasteiger partial charge is 0.316 e. The molecule has 0 radical (unpaired) electrons. The van der Waals surface area contributed by atoms with Gasteiger partial charge in [0.1, 0.15) is 10.0 Å². The summed E-state index contributed by atoms with van der Waals surface area (Å²) < 4.78 is 14.7. The van der Waals surface area contributed by atoms with Crippen LogP contribution in [0.3, 0.4) is 0 Å². The molecule has 2 N–H and O–H groups in total. The van der Waals surface area contributed by atoms with Crippen LogP contribution in [0.1, 0.15) is 17.8 Å². The number of carbonyl (C=O) groups is 1. The molecule has 0 spiro atoms. The van der Waals surface area contributed by atoms with Crippen LogP contribution < -0.4 is 10.6 Å². The molecule has 1 aromatic carbocycles. The van der Waals surface area contributed by atoms with Crippen LogP contribution in [-0.2, 0) is 4.79 Å². The van der Waals surface area contributed by atoms with Crippen LogP contribution in [0.5, 0.6) is 0 Å². The number of rotatable bonds is 3. The van der Waals surface area contributed by atoms with E-state index in [4.69, 9.17) is 0 Å². The topological polar surface area (TPSA) is 92.7 Å². The van der Waals surface area contributed by atoms with E-state index in [1.165, 1.54) is 11.3 Å². The van der Waals surface area contributed by atoms with E-state index in [2.05, 4.69) is 30.8 Å². The zero-order chi connectivity index (χ0) is 18.1. The van der Waals surface area contributed by atoms with E-state index in [1.54, 1.807) is 6.20 Å². The summed E-state index contributed by atoms with van der Waals surface area (Å²) in [6.07, 6.45) is 1.90. The summed E-state index contributed by atoms with van der Waals surface area (Å²) in [6.45, 7) is 2.85. The molecule has 1 amide bonds. The average molecular weight is 372 g/mol. The van der Waals surface area contributed by atoms with Gasteiger partial charge in [0.2, 0.25) is 5.95 Å². The number of benzene rings is 1. The van der Waals surface area contributed by atoms with E-state index in [0.717, 1.165) is 21.0 Å². The minimum Gasteiger partial charge on any atom is -0.316 e. The number of amides is 1. The van der Waals surface area contributed by atoms with E-state index in [9.17, 15) is 9.18 Å². The van der Waals surface area contributed by atoms with Crippen LogP contribution in [0.25, 0.3) is 21.5 Å². The molecule has 2 aromatic heterocycles. The predicted molar refractivity (Wildman–Crippen MR) is 97.8 cm³/mol. The molecule has 1 aliphatic heterocycles. The first kappa shape index (κ1) is 16.9. The van der Waals surface area contributed by atoms with Gasteiger partial charge in [-0.25, -0.2) is 14.4 Å². The summed E-state index contributed by atoms with van der Waals surface area (Å²) in [5.74, 6) is -0.585. The molecule has 1 fully saturated rings. The molecule has 26 heavy (non-hydrogen) atoms. The first-order valence-corrected chi connectivity index (χ1v) is 9.14. The summed E-state index contributed by atoms with van der Waals surface area (Å²) in [6, 6.07) is 5.67. The number of hydrogen-bond donors (Lipinski definition) is 2. The van der Waals surface area contributed by atoms with Crippen LogP contribution >= 0.6 is 11.3 Å². The number of piperidine rings is 1. The second-order valence-corrected chi connectivity index (χ2v) is 7.44. The van der Waals surface area contributed by atoms with E-state index < -0.39 is 11.6 Å². The molecule has 0 aliphatic carbocycles. The molecular formula is C17H17FN6OS. The highest BCUT2D eigenvalue weighted by atomic mass is 32.1. The molecule has 0 atom stereocenters. The Morgan fingerprint density at radius 3 is 2.85 bits per heavy atom. The van der Waals surface area contributed by atoms with Gasteiger partial charge in [-0.15, -0.1) is 10.2 Å². The molecule has 1 aliphatic rings. The van der Waals surface area contributed by atoms with Gasteiger partial charge in [-0.2, -0.15) is 0 Å². The van der Waals surface area contributed by atoms with Crippen molar-refractivity contribution in [2.45, 2.75) is 25.4 Å². The molecule has 3 heterocycles. The average Bonchev–Trinajstić information content (AvgIpc) is 3.08. The maximum Gasteiger partial charge on any atom is 0.264 e. The Morgan fingerprint density at radius 2 is 2.12 bits per heavy atom. The maximum atomic E-state index is 14.7. The predicted octanol–water partition coefficient (Wildman–Crippen LogP) is 2.49. The van der Waals surface area contributed by atoms with Crippen molar-refractivity contribution in [2.24, 2.45) is 0 Å². The number of aromatic nitrogens is 4. The van der Waals surface area contributed by atoms with Crippen LogP contribution in [0.2, 0.25) is 0 Å². The number of anilines is 1. The molecule has 134 valence electrons. The Balaban J connectivity index is 1.61. The SMILES string of the molecule is Cc1nnc(-c2ccc3cnc(NC(=O)C4(F)CCNCC4)nc3c2)s1. The van der Waals surface area contributed by atoms with Crippen LogP contribution in [0.15, 0.2) is 24.4 Å². The lowest BCUT2D eigenvalue weighted by molar-refractivity contribution is -0.129. The third kappa shape index (κ3) is 3.27. The molecule has 0 bridgehead atoms. The second-order valence-electron chi connectivity index (χ2n) is 6.26. The number of hydrogen-bond acceptors (Lipinski definition) is 7. The third-order valence-electron chi connectivity index (χ3n) is 4.38. The summed E-state index contributed by atoms with van der Waals surface area (Å²) in [5.41, 5.74) is -0.339. The van der Waals surface area contributed by atoms with Crippen molar-refractivity contribution >= 4 is 34.1 Å². The van der Waals surface area contributed by atoms with Crippen molar-refractivity contribution in [2.75, 3.05) is 18.4 Å². The van der Waals surface area contributed by atoms with Gasteiger partial charge in [-0.05, 0) is 26.1 Å². The first-order valence-electron chi connectivity index (χ1n) is 8.32. The molecule has 1 saturated heterocycles. The number of alkyl halides is 1. The Bertz CT molecular complexity index is 969. The monoisotopic (exact) mass is 372 g/mol. The van der Waals surface area contributed by atoms with Gasteiger partial charge in [0.05, 0.1) is 5.52 Å². The fraction of sp³-hybridized carbons (Fsp3) is 0.353. The van der Waals surface area contributed by atoms with E-state index in [-0.39, 0.29) is 18.8 Å². The van der Waals surface area contributed by atoms with Gasteiger partial charge in [0.25, 0.3) is 5.91 Å². The quantitative estimate of drug-likeness (QED) is 0.734. The van der Waals surface area contributed by atoms with Crippen LogP contribution in [0, 0.1) is 6.92 Å². The lowest BCUT2D eigenvalue weighted by atomic mass is 9.93. The summed E-state index contributed by atoms with van der Waals surface area (Å²) in [7, 11) is 0. The smallest absolute Gasteiger partial charge is 0.264 e. The summed E-state index contributed by atoms with van der Waals surface area (Å²) >= 11 is 1.49. The molecule has 3 aromatic rings. The fourth-order valence-electron chi connectivity index (χ4n) is 2.89. The van der Waals surface area contributed by atoms with Gasteiger partial charge in [0.15, 0.2) is 5.67 Å². The molecule has 0 saturated carbocycles. The highest BCUT2D eigenvalue weighted by molar-refractivity contribution is 7.14. The van der Waals surface area contributed by atoms with Crippen molar-refractivity contribution in [3.8, 4) is 10.6 Å². The molecule has 9 heteroatoms. The molecule has 4 rings (SSSR count). The second kappa shape index (κ2) is 6.65. The number of carbonyl (C=O) groups excluding carboxylic acids is 1. The lowest BCUT2D eigenvalue weighted by Crippen LogP contribution is -2.47. The van der Waals surface area contributed by atoms with Crippen LogP contribution in [-0.4, -0.2) is 44.8 Å². The highest BCUT2D eigenvalue weighted by Crippen LogP contribution is 2.27. The van der Waals surface area contributed by atoms with Gasteiger partial charge in [-0.1, -0.05) is 23.5 Å². The Hall–Kier alpha value is -2.52. The minimum atomic E-state index is -1.88. The summed E-state index contributed by atoms with van der Waals surface area (Å²) in [5, 5.41) is 16.2. The van der Waals surface area contributed by atoms with E-state index in [1.807, 2.05) is 25.1 Å². The van der Waals surface area contributed by atoms with Crippen LogP contribution in [0.4, 0.5) is 10.3 Å². The fourth-order valence-corrected chi connectivity index (χ4v) is 3.58. The van der Waals surface area contributed by atoms with Gasteiger partial charge >= 0.3 is 0 Å². The highest BCUT2D eigenvalue weighted by Gasteiger charge is 2.40. The Kier molecular flexibility index (Phi) is 4.33. The number of nitrogens with one attached hydrogen (secondary N) is 2. The van der Waals surface area contributed by atoms with Crippen molar-refractivity contribution < 1.29 is 9.18 Å². The normalized spacial score (nSPS) is 16.5. The van der Waals surface area contributed by atoms with Crippen molar-refractivity contribution in [1.82, 2.24) is 25.5 Å². The zero-order valence-corrected chi connectivity index (χ0v) is 14.9. The molecular weight excluding hydrogens is 355 g/mol. The molecule has 7 nitrogen and oxygen atoms in total. The van der Waals surface area contributed by atoms with Gasteiger partial charge in [0, 0.05) is 30.0 Å². The third-order valence-corrected chi connectivity index (χ3v) is 5.27. The first-order chi connectivity index (χ1) is 12.5. The minimum absolute atomic E-state index is 0.101. The Morgan fingerprint density at radius 1 is 1.31 bits per heavy atom. The van der Waals surface area contributed by atoms with Gasteiger partial charge < -0.3 is 5.32 Å². The van der Waals surface area contributed by atoms with E-state index in [0.29, 0.717) is 18.6 Å². The molecule has 0 unspecified atom stereocenters. The number of aryl methyl sites for hydroxylation is 1. The maximum absolute atomic E-state index is 14.7.